The van der Waals surface area contributed by atoms with Crippen molar-refractivity contribution in [3.05, 3.63) is 48.2 Å². The standard InChI is InChI=1S/C38H49N3O7/c1-37(2,3)48-33(43)16-24-12-8-6-5-7-9-13-26-18-38(26,36(45)46)19-31(42)34-29-23-40(20-25(29)21-41(34)35(24)44)22-27-17-32(47-4)28-14-10-11-15-30(28)39-27/h9-11,13-15,17,24-26,29,34H,5-8,12,16,18-23H2,1-4H3,(H,45,46)/b13-9-/t24-,25+,26-,29+,34+,38-/m1/s1. The predicted molar refractivity (Wildman–Crippen MR) is 180 cm³/mol. The number of nitrogens with zero attached hydrogens (tertiary/aromatic N) is 3. The second-order valence-corrected chi connectivity index (χ2v) is 15.4. The van der Waals surface area contributed by atoms with E-state index in [1.54, 1.807) is 12.0 Å². The van der Waals surface area contributed by atoms with Gasteiger partial charge in [0.2, 0.25) is 5.91 Å². The monoisotopic (exact) mass is 659 g/mol. The van der Waals surface area contributed by atoms with Crippen molar-refractivity contribution in [2.45, 2.75) is 90.3 Å². The van der Waals surface area contributed by atoms with Gasteiger partial charge >= 0.3 is 11.9 Å². The third-order valence-electron chi connectivity index (χ3n) is 10.7. The van der Waals surface area contributed by atoms with Crippen LogP contribution in [0.25, 0.3) is 10.9 Å². The van der Waals surface area contributed by atoms with Gasteiger partial charge in [-0.15, -0.1) is 0 Å². The highest BCUT2D eigenvalue weighted by Crippen LogP contribution is 2.57. The molecule has 10 heteroatoms. The lowest BCUT2D eigenvalue weighted by Gasteiger charge is -2.32. The zero-order valence-electron chi connectivity index (χ0n) is 28.7. The molecule has 1 amide bonds. The lowest BCUT2D eigenvalue weighted by molar-refractivity contribution is -0.159. The first-order valence-corrected chi connectivity index (χ1v) is 17.5. The Kier molecular flexibility index (Phi) is 9.67. The average molecular weight is 660 g/mol. The van der Waals surface area contributed by atoms with Gasteiger partial charge in [-0.3, -0.25) is 29.1 Å². The first-order chi connectivity index (χ1) is 22.9. The van der Waals surface area contributed by atoms with E-state index >= 15 is 0 Å². The van der Waals surface area contributed by atoms with Crippen molar-refractivity contribution < 1.29 is 33.8 Å². The summed E-state index contributed by atoms with van der Waals surface area (Å²) >= 11 is 0. The summed E-state index contributed by atoms with van der Waals surface area (Å²) in [6.45, 7) is 7.67. The Bertz CT molecular complexity index is 1600. The maximum Gasteiger partial charge on any atom is 0.310 e. The molecule has 1 aliphatic carbocycles. The van der Waals surface area contributed by atoms with Gasteiger partial charge < -0.3 is 19.5 Å². The number of esters is 1. The number of rotatable bonds is 6. The Hall–Kier alpha value is -3.79. The van der Waals surface area contributed by atoms with Crippen LogP contribution in [0.15, 0.2) is 42.5 Å². The van der Waals surface area contributed by atoms with Crippen LogP contribution in [-0.2, 0) is 30.5 Å². The topological polar surface area (TPSA) is 126 Å². The summed E-state index contributed by atoms with van der Waals surface area (Å²) < 4.78 is 11.3. The summed E-state index contributed by atoms with van der Waals surface area (Å²) in [5, 5.41) is 11.2. The number of aliphatic carboxylic acids is 1. The number of amides is 1. The number of para-hydroxylation sites is 1. The number of ether oxygens (including phenoxy) is 2. The number of hydrogen-bond acceptors (Lipinski definition) is 8. The number of carbonyl (C=O) groups excluding carboxylic acids is 3. The SMILES string of the molecule is COc1cc(CN2C[C@H]3CN4C(=O)[C@@H](CC(=O)OC(C)(C)C)CCCCC/C=C\[C@@H]5C[C@@]5(C(=O)O)CC(=O)[C@@H]4[C@H]3C2)nc2ccccc12. The molecule has 0 unspecified atom stereocenters. The fourth-order valence-electron chi connectivity index (χ4n) is 8.33. The molecule has 6 atom stereocenters. The van der Waals surface area contributed by atoms with Crippen LogP contribution in [0.1, 0.15) is 77.8 Å². The lowest BCUT2D eigenvalue weighted by Crippen LogP contribution is -2.48. The summed E-state index contributed by atoms with van der Waals surface area (Å²) in [5.41, 5.74) is -0.0838. The zero-order valence-corrected chi connectivity index (χ0v) is 28.7. The molecule has 1 saturated carbocycles. The van der Waals surface area contributed by atoms with E-state index in [1.807, 2.05) is 63.3 Å². The van der Waals surface area contributed by atoms with E-state index in [-0.39, 0.29) is 42.3 Å². The smallest absolute Gasteiger partial charge is 0.310 e. The first-order valence-electron chi connectivity index (χ1n) is 17.5. The number of ketones is 1. The van der Waals surface area contributed by atoms with Crippen molar-refractivity contribution in [1.82, 2.24) is 14.8 Å². The van der Waals surface area contributed by atoms with E-state index in [1.165, 1.54) is 0 Å². The van der Waals surface area contributed by atoms with Gasteiger partial charge in [-0.1, -0.05) is 37.1 Å². The number of benzene rings is 1. The van der Waals surface area contributed by atoms with E-state index in [0.29, 0.717) is 39.0 Å². The van der Waals surface area contributed by atoms with Crippen LogP contribution in [0, 0.1) is 29.1 Å². The van der Waals surface area contributed by atoms with Crippen molar-refractivity contribution in [2.75, 3.05) is 26.7 Å². The van der Waals surface area contributed by atoms with E-state index in [0.717, 1.165) is 48.0 Å². The molecule has 0 spiro atoms. The molecule has 0 bridgehead atoms. The van der Waals surface area contributed by atoms with Crippen LogP contribution in [0.2, 0.25) is 0 Å². The number of methoxy groups -OCH3 is 1. The number of likely N-dealkylation sites (tertiary alicyclic amines) is 1. The predicted octanol–water partition coefficient (Wildman–Crippen LogP) is 5.42. The Balaban J connectivity index is 1.27. The molecule has 10 nitrogen and oxygen atoms in total. The third kappa shape index (κ3) is 7.14. The minimum atomic E-state index is -1.12. The number of fused-ring (bicyclic) bond motifs is 5. The number of carboxylic acids is 1. The molecule has 1 aromatic carbocycles. The van der Waals surface area contributed by atoms with Crippen LogP contribution >= 0.6 is 0 Å². The summed E-state index contributed by atoms with van der Waals surface area (Å²) in [6, 6.07) is 9.08. The second kappa shape index (κ2) is 13.6. The number of Topliss-reactive ketones (excluding diaryl/α,β-unsaturated/α-hetero) is 1. The van der Waals surface area contributed by atoms with Gasteiger partial charge in [-0.25, -0.2) is 0 Å². The summed E-state index contributed by atoms with van der Waals surface area (Å²) in [4.78, 5) is 63.2. The Labute approximate surface area is 282 Å². The number of pyridine rings is 1. The maximum absolute atomic E-state index is 14.4. The molecule has 1 N–H and O–H groups in total. The minimum absolute atomic E-state index is 0.0362. The highest BCUT2D eigenvalue weighted by Gasteiger charge is 2.62. The summed E-state index contributed by atoms with van der Waals surface area (Å²) in [7, 11) is 1.65. The molecule has 258 valence electrons. The summed E-state index contributed by atoms with van der Waals surface area (Å²) in [6.07, 6.45) is 8.27. The van der Waals surface area contributed by atoms with Crippen molar-refractivity contribution in [2.24, 2.45) is 29.1 Å². The Morgan fingerprint density at radius 2 is 1.88 bits per heavy atom. The van der Waals surface area contributed by atoms with E-state index < -0.39 is 34.9 Å². The maximum atomic E-state index is 14.4. The van der Waals surface area contributed by atoms with Gasteiger partial charge in [-0.2, -0.15) is 0 Å². The minimum Gasteiger partial charge on any atom is -0.496 e. The number of allylic oxidation sites excluding steroid dienone is 2. The largest absolute Gasteiger partial charge is 0.496 e. The van der Waals surface area contributed by atoms with E-state index in [4.69, 9.17) is 14.5 Å². The molecule has 4 heterocycles. The fraction of sp³-hybridized carbons (Fsp3) is 0.605. The van der Waals surface area contributed by atoms with E-state index in [2.05, 4.69) is 4.90 Å². The first kappa shape index (κ1) is 34.1. The molecule has 1 aromatic heterocycles. The van der Waals surface area contributed by atoms with Crippen LogP contribution in [0.4, 0.5) is 0 Å². The number of carbonyl (C=O) groups is 4. The average Bonchev–Trinajstić information content (AvgIpc) is 3.40. The molecule has 2 aromatic rings. The quantitative estimate of drug-likeness (QED) is 0.320. The molecular formula is C38H49N3O7. The second-order valence-electron chi connectivity index (χ2n) is 15.4. The molecule has 3 fully saturated rings. The third-order valence-corrected chi connectivity index (χ3v) is 10.7. The molecule has 6 rings (SSSR count). The number of carboxylic acid groups (broad SMARTS) is 1. The van der Waals surface area contributed by atoms with E-state index in [9.17, 15) is 24.3 Å². The summed E-state index contributed by atoms with van der Waals surface area (Å²) in [5.74, 6) is -1.86. The van der Waals surface area contributed by atoms with Crippen molar-refractivity contribution in [3.63, 3.8) is 0 Å². The van der Waals surface area contributed by atoms with Gasteiger partial charge in [0, 0.05) is 55.9 Å². The Morgan fingerprint density at radius 3 is 2.62 bits per heavy atom. The fourth-order valence-corrected chi connectivity index (χ4v) is 8.33. The Morgan fingerprint density at radius 1 is 1.08 bits per heavy atom. The highest BCUT2D eigenvalue weighted by atomic mass is 16.6. The number of hydrogen-bond donors (Lipinski definition) is 1. The van der Waals surface area contributed by atoms with Crippen molar-refractivity contribution in [3.8, 4) is 5.75 Å². The van der Waals surface area contributed by atoms with Gasteiger partial charge in [0.25, 0.3) is 0 Å². The van der Waals surface area contributed by atoms with Crippen LogP contribution in [-0.4, -0.2) is 81.9 Å². The van der Waals surface area contributed by atoms with Gasteiger partial charge in [0.05, 0.1) is 36.2 Å². The molecule has 3 aliphatic heterocycles. The number of aromatic nitrogens is 1. The molecule has 0 radical (unpaired) electrons. The molecule has 4 aliphatic rings. The van der Waals surface area contributed by atoms with Crippen molar-refractivity contribution >= 4 is 34.5 Å². The van der Waals surface area contributed by atoms with Crippen molar-refractivity contribution in [1.29, 1.82) is 0 Å². The normalized spacial score (nSPS) is 30.5. The van der Waals surface area contributed by atoms with Crippen LogP contribution in [0.5, 0.6) is 5.75 Å². The van der Waals surface area contributed by atoms with Gasteiger partial charge in [0.15, 0.2) is 5.78 Å². The van der Waals surface area contributed by atoms with Gasteiger partial charge in [0.1, 0.15) is 11.4 Å². The lowest BCUT2D eigenvalue weighted by atomic mass is 9.85. The zero-order chi connectivity index (χ0) is 34.2. The van der Waals surface area contributed by atoms with Crippen LogP contribution in [0.3, 0.4) is 0 Å². The molecular weight excluding hydrogens is 610 g/mol. The van der Waals surface area contributed by atoms with Crippen LogP contribution < -0.4 is 4.74 Å². The van der Waals surface area contributed by atoms with Gasteiger partial charge in [-0.05, 0) is 70.4 Å². The highest BCUT2D eigenvalue weighted by molar-refractivity contribution is 5.95. The molecule has 2 saturated heterocycles. The molecule has 48 heavy (non-hydrogen) atoms.